The molecule has 5 nitrogen and oxygen atoms in total. The summed E-state index contributed by atoms with van der Waals surface area (Å²) < 4.78 is 9.65. The number of aromatic nitrogens is 1. The number of ether oxygens (including phenoxy) is 1. The highest BCUT2D eigenvalue weighted by atomic mass is 16.5. The number of H-pyrrole nitrogens is 1. The van der Waals surface area contributed by atoms with Gasteiger partial charge in [0.1, 0.15) is 0 Å². The molecule has 1 aromatic carbocycles. The van der Waals surface area contributed by atoms with Crippen LogP contribution in [-0.2, 0) is 9.53 Å². The van der Waals surface area contributed by atoms with E-state index < -0.39 is 11.7 Å². The first-order valence-corrected chi connectivity index (χ1v) is 5.17. The maximum Gasteiger partial charge on any atom is 0.417 e. The van der Waals surface area contributed by atoms with E-state index in [4.69, 9.17) is 9.15 Å². The summed E-state index contributed by atoms with van der Waals surface area (Å²) in [4.78, 5) is 24.6. The van der Waals surface area contributed by atoms with E-state index in [1.165, 1.54) is 6.08 Å². The zero-order chi connectivity index (χ0) is 12.3. The summed E-state index contributed by atoms with van der Waals surface area (Å²) in [5.74, 6) is -0.894. The highest BCUT2D eigenvalue weighted by molar-refractivity contribution is 5.88. The lowest BCUT2D eigenvalue weighted by Crippen LogP contribution is -1.98. The third-order valence-corrected chi connectivity index (χ3v) is 2.14. The Morgan fingerprint density at radius 2 is 2.35 bits per heavy atom. The van der Waals surface area contributed by atoms with Gasteiger partial charge in [-0.25, -0.2) is 9.59 Å². The molecule has 0 saturated carbocycles. The molecule has 1 heterocycles. The van der Waals surface area contributed by atoms with Crippen molar-refractivity contribution < 1.29 is 13.9 Å². The number of benzene rings is 1. The molecule has 0 atom stereocenters. The lowest BCUT2D eigenvalue weighted by atomic mass is 10.2. The van der Waals surface area contributed by atoms with Crippen LogP contribution in [0, 0.1) is 0 Å². The van der Waals surface area contributed by atoms with Crippen molar-refractivity contribution in [3.05, 3.63) is 40.4 Å². The van der Waals surface area contributed by atoms with Crippen LogP contribution in [0.3, 0.4) is 0 Å². The largest absolute Gasteiger partial charge is 0.463 e. The molecule has 1 aromatic heterocycles. The van der Waals surface area contributed by atoms with Crippen molar-refractivity contribution in [1.82, 2.24) is 4.98 Å². The van der Waals surface area contributed by atoms with Crippen LogP contribution in [0.2, 0.25) is 0 Å². The minimum Gasteiger partial charge on any atom is -0.463 e. The molecule has 88 valence electrons. The Morgan fingerprint density at radius 3 is 3.12 bits per heavy atom. The Hall–Kier alpha value is -2.30. The van der Waals surface area contributed by atoms with Crippen LogP contribution in [0.5, 0.6) is 0 Å². The van der Waals surface area contributed by atoms with Crippen molar-refractivity contribution in [3.8, 4) is 0 Å². The second-order valence-corrected chi connectivity index (χ2v) is 3.36. The van der Waals surface area contributed by atoms with Crippen LogP contribution in [-0.4, -0.2) is 17.6 Å². The Bertz CT molecular complexity index is 621. The van der Waals surface area contributed by atoms with Crippen LogP contribution in [0.25, 0.3) is 17.2 Å². The maximum atomic E-state index is 11.1. The van der Waals surface area contributed by atoms with Gasteiger partial charge < -0.3 is 9.15 Å². The number of carbonyl (C=O) groups is 1. The van der Waals surface area contributed by atoms with Crippen LogP contribution >= 0.6 is 0 Å². The molecule has 0 unspecified atom stereocenters. The maximum absolute atomic E-state index is 11.1. The van der Waals surface area contributed by atoms with Crippen molar-refractivity contribution in [2.75, 3.05) is 6.61 Å². The topological polar surface area (TPSA) is 72.3 Å². The van der Waals surface area contributed by atoms with Gasteiger partial charge in [-0.1, -0.05) is 6.07 Å². The van der Waals surface area contributed by atoms with Gasteiger partial charge in [-0.3, -0.25) is 4.98 Å². The van der Waals surface area contributed by atoms with E-state index in [1.54, 1.807) is 31.2 Å². The predicted octanol–water partition coefficient (Wildman–Crippen LogP) is 1.70. The third-order valence-electron chi connectivity index (χ3n) is 2.14. The summed E-state index contributed by atoms with van der Waals surface area (Å²) in [6, 6.07) is 5.15. The number of esters is 1. The van der Waals surface area contributed by atoms with Gasteiger partial charge in [0.2, 0.25) is 0 Å². The number of aromatic amines is 1. The normalized spacial score (nSPS) is 11.1. The fourth-order valence-electron chi connectivity index (χ4n) is 1.42. The molecule has 0 amide bonds. The van der Waals surface area contributed by atoms with Gasteiger partial charge in [0.05, 0.1) is 12.1 Å². The molecule has 0 aliphatic rings. The van der Waals surface area contributed by atoms with Gasteiger partial charge >= 0.3 is 11.7 Å². The molecule has 1 N–H and O–H groups in total. The number of fused-ring (bicyclic) bond motifs is 1. The zero-order valence-electron chi connectivity index (χ0n) is 9.23. The van der Waals surface area contributed by atoms with E-state index in [1.807, 2.05) is 0 Å². The molecule has 5 heteroatoms. The summed E-state index contributed by atoms with van der Waals surface area (Å²) in [6.07, 6.45) is 2.93. The first kappa shape index (κ1) is 11.2. The number of hydrogen-bond donors (Lipinski definition) is 1. The predicted molar refractivity (Wildman–Crippen MR) is 62.5 cm³/mol. The average Bonchev–Trinajstić information content (AvgIpc) is 2.66. The molecule has 17 heavy (non-hydrogen) atoms. The molecule has 2 aromatic rings. The van der Waals surface area contributed by atoms with E-state index >= 15 is 0 Å². The number of oxazole rings is 1. The molecule has 0 saturated heterocycles. The quantitative estimate of drug-likeness (QED) is 0.646. The van der Waals surface area contributed by atoms with Crippen molar-refractivity contribution in [2.45, 2.75) is 6.92 Å². The van der Waals surface area contributed by atoms with Crippen molar-refractivity contribution in [2.24, 2.45) is 0 Å². The first-order valence-electron chi connectivity index (χ1n) is 5.17. The number of nitrogens with one attached hydrogen (secondary N) is 1. The van der Waals surface area contributed by atoms with E-state index in [-0.39, 0.29) is 0 Å². The third kappa shape index (κ3) is 2.63. The Labute approximate surface area is 96.7 Å². The lowest BCUT2D eigenvalue weighted by Gasteiger charge is -1.95. The van der Waals surface area contributed by atoms with Crippen molar-refractivity contribution in [1.29, 1.82) is 0 Å². The fraction of sp³-hybridized carbons (Fsp3) is 0.167. The summed E-state index contributed by atoms with van der Waals surface area (Å²) in [5, 5.41) is 0. The van der Waals surface area contributed by atoms with Gasteiger partial charge in [0, 0.05) is 6.08 Å². The highest BCUT2D eigenvalue weighted by Gasteiger charge is 2.01. The standard InChI is InChI=1S/C12H11NO4/c1-2-16-11(14)6-4-8-3-5-9-10(7-8)17-12(15)13-9/h3-7H,2H2,1H3,(H,13,15)/b6-4+. The molecule has 0 fully saturated rings. The minimum absolute atomic E-state index is 0.342. The zero-order valence-corrected chi connectivity index (χ0v) is 9.23. The Kier molecular flexibility index (Phi) is 3.09. The molecule has 0 aliphatic carbocycles. The molecule has 0 radical (unpaired) electrons. The second-order valence-electron chi connectivity index (χ2n) is 3.36. The molecule has 0 spiro atoms. The van der Waals surface area contributed by atoms with Crippen molar-refractivity contribution in [3.63, 3.8) is 0 Å². The van der Waals surface area contributed by atoms with Crippen LogP contribution in [0.15, 0.2) is 33.5 Å². The number of carbonyl (C=O) groups excluding carboxylic acids is 1. The van der Waals surface area contributed by atoms with E-state index in [9.17, 15) is 9.59 Å². The summed E-state index contributed by atoms with van der Waals surface area (Å²) in [6.45, 7) is 2.08. The second kappa shape index (κ2) is 4.69. The van der Waals surface area contributed by atoms with E-state index in [0.29, 0.717) is 17.7 Å². The summed E-state index contributed by atoms with van der Waals surface area (Å²) in [5.41, 5.74) is 1.84. The van der Waals surface area contributed by atoms with Crippen molar-refractivity contribution >= 4 is 23.1 Å². The lowest BCUT2D eigenvalue weighted by molar-refractivity contribution is -0.137. The molecule has 2 rings (SSSR count). The molecular formula is C12H11NO4. The molecule has 0 aliphatic heterocycles. The highest BCUT2D eigenvalue weighted by Crippen LogP contribution is 2.13. The summed E-state index contributed by atoms with van der Waals surface area (Å²) in [7, 11) is 0. The van der Waals surface area contributed by atoms with Crippen LogP contribution in [0.1, 0.15) is 12.5 Å². The fourth-order valence-corrected chi connectivity index (χ4v) is 1.42. The van der Waals surface area contributed by atoms with Gasteiger partial charge in [0.15, 0.2) is 5.58 Å². The average molecular weight is 233 g/mol. The van der Waals surface area contributed by atoms with Gasteiger partial charge in [0.25, 0.3) is 0 Å². The molecular weight excluding hydrogens is 222 g/mol. The van der Waals surface area contributed by atoms with E-state index in [0.717, 1.165) is 5.56 Å². The number of hydrogen-bond acceptors (Lipinski definition) is 4. The molecule has 0 bridgehead atoms. The van der Waals surface area contributed by atoms with Crippen LogP contribution in [0.4, 0.5) is 0 Å². The Balaban J connectivity index is 2.24. The smallest absolute Gasteiger partial charge is 0.417 e. The number of rotatable bonds is 3. The van der Waals surface area contributed by atoms with Crippen LogP contribution < -0.4 is 5.76 Å². The summed E-state index contributed by atoms with van der Waals surface area (Å²) >= 11 is 0. The van der Waals surface area contributed by atoms with Gasteiger partial charge in [-0.05, 0) is 30.7 Å². The monoisotopic (exact) mass is 233 g/mol. The first-order chi connectivity index (χ1) is 8.19. The van der Waals surface area contributed by atoms with Gasteiger partial charge in [-0.15, -0.1) is 0 Å². The minimum atomic E-state index is -0.494. The van der Waals surface area contributed by atoms with E-state index in [2.05, 4.69) is 4.98 Å². The SMILES string of the molecule is CCOC(=O)/C=C/c1ccc2[nH]c(=O)oc2c1. The van der Waals surface area contributed by atoms with Gasteiger partial charge in [-0.2, -0.15) is 0 Å². The Morgan fingerprint density at radius 1 is 1.53 bits per heavy atom.